The fourth-order valence-corrected chi connectivity index (χ4v) is 1.75. The fourth-order valence-electron chi connectivity index (χ4n) is 1.60. The van der Waals surface area contributed by atoms with Crippen molar-refractivity contribution in [1.82, 2.24) is 0 Å². The molecular weight excluding hydrogens is 192 g/mol. The number of rotatable bonds is 0. The van der Waals surface area contributed by atoms with E-state index in [4.69, 9.17) is 12.2 Å². The van der Waals surface area contributed by atoms with Gasteiger partial charge in [-0.2, -0.15) is 0 Å². The van der Waals surface area contributed by atoms with Gasteiger partial charge < -0.3 is 10.6 Å². The SMILES string of the molecule is Cc1cccc2c1NC(=S)C(C)(C)N2. The van der Waals surface area contributed by atoms with E-state index in [1.54, 1.807) is 0 Å². The van der Waals surface area contributed by atoms with Crippen molar-refractivity contribution in [2.24, 2.45) is 0 Å². The third kappa shape index (κ3) is 1.38. The van der Waals surface area contributed by atoms with E-state index in [2.05, 4.69) is 43.5 Å². The highest BCUT2D eigenvalue weighted by Gasteiger charge is 2.29. The number of hydrogen-bond donors (Lipinski definition) is 2. The van der Waals surface area contributed by atoms with Crippen LogP contribution in [0, 0.1) is 6.92 Å². The molecule has 2 rings (SSSR count). The molecule has 1 aliphatic rings. The molecule has 0 aliphatic carbocycles. The van der Waals surface area contributed by atoms with E-state index in [1.165, 1.54) is 5.56 Å². The van der Waals surface area contributed by atoms with E-state index in [0.717, 1.165) is 16.4 Å². The van der Waals surface area contributed by atoms with E-state index in [1.807, 2.05) is 6.07 Å². The molecular formula is C11H14N2S. The number of anilines is 2. The van der Waals surface area contributed by atoms with Crippen molar-refractivity contribution in [2.75, 3.05) is 10.6 Å². The molecule has 74 valence electrons. The summed E-state index contributed by atoms with van der Waals surface area (Å²) in [6.45, 7) is 6.23. The molecule has 0 unspecified atom stereocenters. The lowest BCUT2D eigenvalue weighted by molar-refractivity contribution is 0.761. The predicted octanol–water partition coefficient (Wildman–Crippen LogP) is 2.94. The zero-order valence-electron chi connectivity index (χ0n) is 8.64. The van der Waals surface area contributed by atoms with Crippen molar-refractivity contribution < 1.29 is 0 Å². The maximum absolute atomic E-state index is 5.30. The zero-order chi connectivity index (χ0) is 10.3. The second kappa shape index (κ2) is 2.95. The molecule has 1 aliphatic heterocycles. The number of fused-ring (bicyclic) bond motifs is 1. The van der Waals surface area contributed by atoms with Crippen LogP contribution in [0.4, 0.5) is 11.4 Å². The standard InChI is InChI=1S/C11H14N2S/c1-7-5-4-6-8-9(7)12-10(14)11(2,3)13-8/h4-6,13H,1-3H3,(H,12,14). The van der Waals surface area contributed by atoms with Crippen molar-refractivity contribution in [3.05, 3.63) is 23.8 Å². The molecule has 0 fully saturated rings. The van der Waals surface area contributed by atoms with Crippen LogP contribution in [0.3, 0.4) is 0 Å². The maximum atomic E-state index is 5.30. The molecule has 0 saturated carbocycles. The van der Waals surface area contributed by atoms with Gasteiger partial charge in [-0.3, -0.25) is 0 Å². The van der Waals surface area contributed by atoms with Gasteiger partial charge in [-0.15, -0.1) is 0 Å². The Morgan fingerprint density at radius 1 is 1.29 bits per heavy atom. The van der Waals surface area contributed by atoms with E-state index in [9.17, 15) is 0 Å². The number of benzene rings is 1. The Hall–Kier alpha value is -1.09. The van der Waals surface area contributed by atoms with Crippen LogP contribution < -0.4 is 10.6 Å². The summed E-state index contributed by atoms with van der Waals surface area (Å²) >= 11 is 5.30. The zero-order valence-corrected chi connectivity index (χ0v) is 9.46. The second-order valence-corrected chi connectivity index (χ2v) is 4.61. The summed E-state index contributed by atoms with van der Waals surface area (Å²) in [5, 5.41) is 6.71. The molecule has 2 N–H and O–H groups in total. The van der Waals surface area contributed by atoms with E-state index in [0.29, 0.717) is 0 Å². The second-order valence-electron chi connectivity index (χ2n) is 4.20. The minimum absolute atomic E-state index is 0.157. The Morgan fingerprint density at radius 2 is 2.00 bits per heavy atom. The maximum Gasteiger partial charge on any atom is 0.105 e. The number of aryl methyl sites for hydroxylation is 1. The summed E-state index contributed by atoms with van der Waals surface area (Å²) in [7, 11) is 0. The Labute approximate surface area is 89.7 Å². The fraction of sp³-hybridized carbons (Fsp3) is 0.364. The topological polar surface area (TPSA) is 24.1 Å². The Kier molecular flexibility index (Phi) is 2.00. The molecule has 0 atom stereocenters. The summed E-state index contributed by atoms with van der Waals surface area (Å²) in [5.41, 5.74) is 3.30. The quantitative estimate of drug-likeness (QED) is 0.638. The van der Waals surface area contributed by atoms with Gasteiger partial charge in [0.25, 0.3) is 0 Å². The van der Waals surface area contributed by atoms with Crippen molar-refractivity contribution in [2.45, 2.75) is 26.3 Å². The minimum Gasteiger partial charge on any atom is -0.372 e. The van der Waals surface area contributed by atoms with E-state index in [-0.39, 0.29) is 5.54 Å². The van der Waals surface area contributed by atoms with Crippen LogP contribution in [0.1, 0.15) is 19.4 Å². The number of nitrogens with one attached hydrogen (secondary N) is 2. The third-order valence-electron chi connectivity index (χ3n) is 2.53. The number of thiocarbonyl (C=S) groups is 1. The van der Waals surface area contributed by atoms with Gasteiger partial charge in [-0.05, 0) is 32.4 Å². The molecule has 3 heteroatoms. The largest absolute Gasteiger partial charge is 0.372 e. The molecule has 14 heavy (non-hydrogen) atoms. The molecule has 1 heterocycles. The van der Waals surface area contributed by atoms with Crippen LogP contribution in [0.25, 0.3) is 0 Å². The molecule has 0 aromatic heterocycles. The Morgan fingerprint density at radius 3 is 2.71 bits per heavy atom. The van der Waals surface area contributed by atoms with E-state index < -0.39 is 0 Å². The minimum atomic E-state index is -0.157. The first-order chi connectivity index (χ1) is 6.50. The first-order valence-electron chi connectivity index (χ1n) is 4.70. The van der Waals surface area contributed by atoms with Crippen LogP contribution in [0.5, 0.6) is 0 Å². The average Bonchev–Trinajstić information content (AvgIpc) is 2.08. The summed E-state index contributed by atoms with van der Waals surface area (Å²) in [5.74, 6) is 0. The Bertz CT molecular complexity index is 396. The van der Waals surface area contributed by atoms with Gasteiger partial charge in [0, 0.05) is 0 Å². The molecule has 1 aromatic rings. The van der Waals surface area contributed by atoms with Crippen molar-refractivity contribution in [1.29, 1.82) is 0 Å². The molecule has 2 nitrogen and oxygen atoms in total. The summed E-state index contributed by atoms with van der Waals surface area (Å²) < 4.78 is 0. The highest BCUT2D eigenvalue weighted by atomic mass is 32.1. The first kappa shape index (κ1) is 9.46. The van der Waals surface area contributed by atoms with Crippen LogP contribution in [-0.4, -0.2) is 10.5 Å². The normalized spacial score (nSPS) is 18.1. The summed E-state index contributed by atoms with van der Waals surface area (Å²) in [6.07, 6.45) is 0. The highest BCUT2D eigenvalue weighted by Crippen LogP contribution is 2.33. The van der Waals surface area contributed by atoms with Crippen LogP contribution in [0.15, 0.2) is 18.2 Å². The van der Waals surface area contributed by atoms with Crippen LogP contribution in [0.2, 0.25) is 0 Å². The van der Waals surface area contributed by atoms with Gasteiger partial charge in [0.15, 0.2) is 0 Å². The molecule has 0 saturated heterocycles. The molecule has 0 amide bonds. The third-order valence-corrected chi connectivity index (χ3v) is 3.14. The van der Waals surface area contributed by atoms with Gasteiger partial charge in [0.05, 0.1) is 16.9 Å². The first-order valence-corrected chi connectivity index (χ1v) is 5.11. The van der Waals surface area contributed by atoms with Gasteiger partial charge in [-0.1, -0.05) is 24.4 Å². The van der Waals surface area contributed by atoms with E-state index >= 15 is 0 Å². The lowest BCUT2D eigenvalue weighted by Crippen LogP contribution is -2.46. The molecule has 0 spiro atoms. The smallest absolute Gasteiger partial charge is 0.105 e. The van der Waals surface area contributed by atoms with Crippen molar-refractivity contribution in [3.63, 3.8) is 0 Å². The van der Waals surface area contributed by atoms with Gasteiger partial charge in [-0.25, -0.2) is 0 Å². The molecule has 0 radical (unpaired) electrons. The van der Waals surface area contributed by atoms with Gasteiger partial charge >= 0.3 is 0 Å². The molecule has 1 aromatic carbocycles. The Balaban J connectivity index is 2.51. The summed E-state index contributed by atoms with van der Waals surface area (Å²) in [6, 6.07) is 6.20. The summed E-state index contributed by atoms with van der Waals surface area (Å²) in [4.78, 5) is 0.847. The molecule has 0 bridgehead atoms. The van der Waals surface area contributed by atoms with Crippen LogP contribution in [-0.2, 0) is 0 Å². The number of hydrogen-bond acceptors (Lipinski definition) is 2. The predicted molar refractivity (Wildman–Crippen MR) is 65.1 cm³/mol. The van der Waals surface area contributed by atoms with Crippen LogP contribution >= 0.6 is 12.2 Å². The van der Waals surface area contributed by atoms with Crippen molar-refractivity contribution in [3.8, 4) is 0 Å². The van der Waals surface area contributed by atoms with Gasteiger partial charge in [0.1, 0.15) is 4.99 Å². The highest BCUT2D eigenvalue weighted by molar-refractivity contribution is 7.80. The number of para-hydroxylation sites is 1. The monoisotopic (exact) mass is 206 g/mol. The lowest BCUT2D eigenvalue weighted by atomic mass is 9.99. The average molecular weight is 206 g/mol. The van der Waals surface area contributed by atoms with Gasteiger partial charge in [0.2, 0.25) is 0 Å². The van der Waals surface area contributed by atoms with Crippen molar-refractivity contribution >= 4 is 28.6 Å². The lowest BCUT2D eigenvalue weighted by Gasteiger charge is -2.36.